The number of carbonyl (C=O) groups is 1. The molecule has 0 N–H and O–H groups in total. The van der Waals surface area contributed by atoms with Gasteiger partial charge in [-0.05, 0) is 50.1 Å². The zero-order valence-electron chi connectivity index (χ0n) is 17.3. The molecule has 2 heterocycles. The summed E-state index contributed by atoms with van der Waals surface area (Å²) in [6, 6.07) is 12.0. The first-order valence-corrected chi connectivity index (χ1v) is 10.9. The standard InChI is InChI=1S/C23H27N3O2S/c1-16-4-6-19(7-5-16)22(27)26(9-8-25-10-12-28-13-11-25)23-24-20-15-17(2)14-18(3)21(20)29-23/h4-7,14-15H,8-13H2,1-3H3. The first-order valence-electron chi connectivity index (χ1n) is 10.1. The van der Waals surface area contributed by atoms with Crippen LogP contribution in [0.1, 0.15) is 27.0 Å². The number of thiazole rings is 1. The monoisotopic (exact) mass is 409 g/mol. The van der Waals surface area contributed by atoms with E-state index in [4.69, 9.17) is 9.72 Å². The van der Waals surface area contributed by atoms with Crippen molar-refractivity contribution >= 4 is 32.6 Å². The highest BCUT2D eigenvalue weighted by Crippen LogP contribution is 2.32. The number of rotatable bonds is 5. The van der Waals surface area contributed by atoms with E-state index >= 15 is 0 Å². The zero-order valence-corrected chi connectivity index (χ0v) is 18.1. The first-order chi connectivity index (χ1) is 14.0. The van der Waals surface area contributed by atoms with Crippen LogP contribution in [0.5, 0.6) is 0 Å². The molecular weight excluding hydrogens is 382 g/mol. The average molecular weight is 410 g/mol. The predicted molar refractivity (Wildman–Crippen MR) is 119 cm³/mol. The van der Waals surface area contributed by atoms with Crippen LogP contribution in [0.25, 0.3) is 10.2 Å². The number of morpholine rings is 1. The van der Waals surface area contributed by atoms with Gasteiger partial charge in [-0.25, -0.2) is 4.98 Å². The molecule has 5 nitrogen and oxygen atoms in total. The van der Waals surface area contributed by atoms with Crippen molar-refractivity contribution in [3.05, 3.63) is 58.7 Å². The minimum absolute atomic E-state index is 0.00619. The maximum absolute atomic E-state index is 13.4. The third kappa shape index (κ3) is 4.50. The Hall–Kier alpha value is -2.28. The maximum Gasteiger partial charge on any atom is 0.260 e. The Morgan fingerprint density at radius 3 is 2.55 bits per heavy atom. The Morgan fingerprint density at radius 2 is 1.83 bits per heavy atom. The molecule has 0 saturated carbocycles. The second-order valence-electron chi connectivity index (χ2n) is 7.70. The number of hydrogen-bond acceptors (Lipinski definition) is 5. The largest absolute Gasteiger partial charge is 0.379 e. The van der Waals surface area contributed by atoms with Gasteiger partial charge in [0.2, 0.25) is 0 Å². The lowest BCUT2D eigenvalue weighted by atomic mass is 10.1. The predicted octanol–water partition coefficient (Wildman–Crippen LogP) is 4.20. The molecule has 0 atom stereocenters. The van der Waals surface area contributed by atoms with E-state index in [1.807, 2.05) is 36.1 Å². The molecular formula is C23H27N3O2S. The molecule has 2 aromatic carbocycles. The van der Waals surface area contributed by atoms with E-state index in [0.29, 0.717) is 12.1 Å². The second kappa shape index (κ2) is 8.61. The van der Waals surface area contributed by atoms with Crippen LogP contribution in [0, 0.1) is 20.8 Å². The van der Waals surface area contributed by atoms with Crippen LogP contribution >= 0.6 is 11.3 Å². The average Bonchev–Trinajstić information content (AvgIpc) is 3.13. The lowest BCUT2D eigenvalue weighted by molar-refractivity contribution is 0.0391. The van der Waals surface area contributed by atoms with Crippen molar-refractivity contribution in [1.29, 1.82) is 0 Å². The summed E-state index contributed by atoms with van der Waals surface area (Å²) in [6.07, 6.45) is 0. The van der Waals surface area contributed by atoms with Gasteiger partial charge in [0.1, 0.15) is 0 Å². The molecule has 0 unspecified atom stereocenters. The van der Waals surface area contributed by atoms with Gasteiger partial charge in [0.25, 0.3) is 5.91 Å². The lowest BCUT2D eigenvalue weighted by Crippen LogP contribution is -2.43. The first kappa shape index (κ1) is 20.0. The van der Waals surface area contributed by atoms with Gasteiger partial charge in [0.05, 0.1) is 23.4 Å². The van der Waals surface area contributed by atoms with Crippen molar-refractivity contribution in [3.8, 4) is 0 Å². The van der Waals surface area contributed by atoms with Gasteiger partial charge in [-0.2, -0.15) is 0 Å². The minimum atomic E-state index is 0.00619. The quantitative estimate of drug-likeness (QED) is 0.634. The van der Waals surface area contributed by atoms with Crippen LogP contribution in [-0.2, 0) is 4.74 Å². The topological polar surface area (TPSA) is 45.7 Å². The van der Waals surface area contributed by atoms with E-state index in [2.05, 4.69) is 30.9 Å². The molecule has 1 fully saturated rings. The molecule has 1 aliphatic rings. The highest BCUT2D eigenvalue weighted by molar-refractivity contribution is 7.22. The lowest BCUT2D eigenvalue weighted by Gasteiger charge is -2.29. The number of nitrogens with zero attached hydrogens (tertiary/aromatic N) is 3. The van der Waals surface area contributed by atoms with Crippen LogP contribution < -0.4 is 4.90 Å². The molecule has 0 radical (unpaired) electrons. The Balaban J connectivity index is 1.66. The number of aryl methyl sites for hydroxylation is 3. The Labute approximate surface area is 175 Å². The number of amides is 1. The summed E-state index contributed by atoms with van der Waals surface area (Å²) < 4.78 is 6.60. The van der Waals surface area contributed by atoms with Crippen LogP contribution in [-0.4, -0.2) is 55.2 Å². The molecule has 1 amide bonds. The molecule has 4 rings (SSSR count). The van der Waals surface area contributed by atoms with Crippen molar-refractivity contribution in [3.63, 3.8) is 0 Å². The van der Waals surface area contributed by atoms with E-state index in [1.165, 1.54) is 11.1 Å². The summed E-state index contributed by atoms with van der Waals surface area (Å²) in [6.45, 7) is 11.0. The van der Waals surface area contributed by atoms with E-state index in [1.54, 1.807) is 11.3 Å². The van der Waals surface area contributed by atoms with Gasteiger partial charge < -0.3 is 4.74 Å². The number of fused-ring (bicyclic) bond motifs is 1. The molecule has 0 aliphatic carbocycles. The third-order valence-electron chi connectivity index (χ3n) is 5.33. The van der Waals surface area contributed by atoms with Crippen molar-refractivity contribution < 1.29 is 9.53 Å². The minimum Gasteiger partial charge on any atom is -0.379 e. The summed E-state index contributed by atoms with van der Waals surface area (Å²) >= 11 is 1.60. The molecule has 3 aromatic rings. The molecule has 1 aliphatic heterocycles. The number of anilines is 1. The van der Waals surface area contributed by atoms with Crippen LogP contribution in [0.4, 0.5) is 5.13 Å². The fourth-order valence-corrected chi connectivity index (χ4v) is 4.72. The Bertz CT molecular complexity index is 1010. The van der Waals surface area contributed by atoms with Gasteiger partial charge in [-0.3, -0.25) is 14.6 Å². The highest BCUT2D eigenvalue weighted by atomic mass is 32.1. The molecule has 6 heteroatoms. The summed E-state index contributed by atoms with van der Waals surface area (Å²) in [5.74, 6) is 0.00619. The van der Waals surface area contributed by atoms with Crippen molar-refractivity contribution in [1.82, 2.24) is 9.88 Å². The van der Waals surface area contributed by atoms with Crippen LogP contribution in [0.2, 0.25) is 0 Å². The van der Waals surface area contributed by atoms with Crippen molar-refractivity contribution in [2.24, 2.45) is 0 Å². The summed E-state index contributed by atoms with van der Waals surface area (Å²) in [5, 5.41) is 0.771. The van der Waals surface area contributed by atoms with Crippen LogP contribution in [0.15, 0.2) is 36.4 Å². The number of hydrogen-bond donors (Lipinski definition) is 0. The molecule has 1 aromatic heterocycles. The van der Waals surface area contributed by atoms with Gasteiger partial charge in [-0.1, -0.05) is 35.1 Å². The van der Waals surface area contributed by atoms with Gasteiger partial charge >= 0.3 is 0 Å². The highest BCUT2D eigenvalue weighted by Gasteiger charge is 2.23. The van der Waals surface area contributed by atoms with Gasteiger partial charge in [-0.15, -0.1) is 0 Å². The Kier molecular flexibility index (Phi) is 5.94. The van der Waals surface area contributed by atoms with Gasteiger partial charge in [0, 0.05) is 31.7 Å². The van der Waals surface area contributed by atoms with Gasteiger partial charge in [0.15, 0.2) is 5.13 Å². The number of aromatic nitrogens is 1. The van der Waals surface area contributed by atoms with E-state index < -0.39 is 0 Å². The molecule has 152 valence electrons. The molecule has 1 saturated heterocycles. The van der Waals surface area contributed by atoms with Crippen molar-refractivity contribution in [2.45, 2.75) is 20.8 Å². The summed E-state index contributed by atoms with van der Waals surface area (Å²) in [7, 11) is 0. The SMILES string of the molecule is Cc1ccc(C(=O)N(CCN2CCOCC2)c2nc3cc(C)cc(C)c3s2)cc1. The zero-order chi connectivity index (χ0) is 20.4. The van der Waals surface area contributed by atoms with E-state index in [-0.39, 0.29) is 5.91 Å². The number of ether oxygens (including phenoxy) is 1. The summed E-state index contributed by atoms with van der Waals surface area (Å²) in [4.78, 5) is 22.4. The summed E-state index contributed by atoms with van der Waals surface area (Å²) in [5.41, 5.74) is 5.21. The third-order valence-corrected chi connectivity index (χ3v) is 6.56. The fourth-order valence-electron chi connectivity index (χ4n) is 3.68. The second-order valence-corrected chi connectivity index (χ2v) is 8.68. The van der Waals surface area contributed by atoms with E-state index in [9.17, 15) is 4.79 Å². The fraction of sp³-hybridized carbons (Fsp3) is 0.391. The normalized spacial score (nSPS) is 15.0. The van der Waals surface area contributed by atoms with Crippen molar-refractivity contribution in [2.75, 3.05) is 44.3 Å². The maximum atomic E-state index is 13.4. The molecule has 29 heavy (non-hydrogen) atoms. The van der Waals surface area contributed by atoms with E-state index in [0.717, 1.165) is 53.8 Å². The molecule has 0 bridgehead atoms. The number of benzene rings is 2. The Morgan fingerprint density at radius 1 is 1.10 bits per heavy atom. The number of carbonyl (C=O) groups excluding carboxylic acids is 1. The molecule has 0 spiro atoms. The smallest absolute Gasteiger partial charge is 0.260 e. The van der Waals surface area contributed by atoms with Crippen LogP contribution in [0.3, 0.4) is 0 Å².